The number of hydrogen-bond donors (Lipinski definition) is 0. The fourth-order valence-corrected chi connectivity index (χ4v) is 7.47. The highest BCUT2D eigenvalue weighted by Gasteiger charge is 2.21. The molecule has 0 N–H and O–H groups in total. The molecule has 0 atom stereocenters. The Labute approximate surface area is 295 Å². The number of para-hydroxylation sites is 1. The van der Waals surface area contributed by atoms with Crippen LogP contribution in [-0.2, 0) is 0 Å². The fourth-order valence-electron chi connectivity index (χ4n) is 7.47. The lowest BCUT2D eigenvalue weighted by Crippen LogP contribution is -2.00. The third-order valence-electron chi connectivity index (χ3n) is 9.80. The molecule has 4 nitrogen and oxygen atoms in total. The molecule has 238 valence electrons. The molecule has 0 aliphatic rings. The first kappa shape index (κ1) is 29.0. The highest BCUT2D eigenvalue weighted by molar-refractivity contribution is 6.22. The van der Waals surface area contributed by atoms with Gasteiger partial charge < -0.3 is 4.40 Å². The average molecular weight is 651 g/mol. The second kappa shape index (κ2) is 11.9. The van der Waals surface area contributed by atoms with Crippen LogP contribution in [0.3, 0.4) is 0 Å². The van der Waals surface area contributed by atoms with E-state index >= 15 is 0 Å². The van der Waals surface area contributed by atoms with Crippen LogP contribution in [-0.4, -0.2) is 19.4 Å². The second-order valence-electron chi connectivity index (χ2n) is 12.8. The first-order valence-corrected chi connectivity index (χ1v) is 17.2. The van der Waals surface area contributed by atoms with Gasteiger partial charge in [0.25, 0.3) is 0 Å². The molecular weight excluding hydrogens is 621 g/mol. The maximum absolute atomic E-state index is 5.17. The van der Waals surface area contributed by atoms with Crippen molar-refractivity contribution in [1.29, 1.82) is 0 Å². The summed E-state index contributed by atoms with van der Waals surface area (Å²) in [5.41, 5.74) is 11.0. The van der Waals surface area contributed by atoms with Crippen molar-refractivity contribution in [3.63, 3.8) is 0 Å². The molecule has 7 aromatic carbocycles. The van der Waals surface area contributed by atoms with Crippen molar-refractivity contribution in [2.45, 2.75) is 0 Å². The maximum Gasteiger partial charge on any atom is 0.164 e. The SMILES string of the molecule is c1ccc(-c2cccc(-c3nc(-c4ccccc4)nc(-c4ccc5c(-c6ccccc6)c6c7ccccc7c7ccccc7n6c5c4)n3)c2)cc1. The summed E-state index contributed by atoms with van der Waals surface area (Å²) in [5, 5.41) is 4.86. The minimum atomic E-state index is 0.632. The van der Waals surface area contributed by atoms with E-state index in [4.69, 9.17) is 15.0 Å². The van der Waals surface area contributed by atoms with Gasteiger partial charge in [-0.3, -0.25) is 0 Å². The molecule has 0 spiro atoms. The predicted molar refractivity (Wildman–Crippen MR) is 210 cm³/mol. The molecule has 51 heavy (non-hydrogen) atoms. The summed E-state index contributed by atoms with van der Waals surface area (Å²) >= 11 is 0. The lowest BCUT2D eigenvalue weighted by Gasteiger charge is -2.11. The van der Waals surface area contributed by atoms with E-state index in [-0.39, 0.29) is 0 Å². The van der Waals surface area contributed by atoms with Crippen LogP contribution in [0.15, 0.2) is 182 Å². The van der Waals surface area contributed by atoms with Crippen molar-refractivity contribution in [3.05, 3.63) is 182 Å². The van der Waals surface area contributed by atoms with Crippen LogP contribution >= 0.6 is 0 Å². The van der Waals surface area contributed by atoms with Crippen molar-refractivity contribution in [2.24, 2.45) is 0 Å². The number of hydrogen-bond acceptors (Lipinski definition) is 3. The second-order valence-corrected chi connectivity index (χ2v) is 12.8. The molecule has 3 heterocycles. The summed E-state index contributed by atoms with van der Waals surface area (Å²) in [7, 11) is 0. The Morgan fingerprint density at radius 2 is 0.804 bits per heavy atom. The summed E-state index contributed by atoms with van der Waals surface area (Å²) in [5.74, 6) is 1.91. The van der Waals surface area contributed by atoms with Crippen LogP contribution in [0.4, 0.5) is 0 Å². The molecule has 0 aliphatic heterocycles. The number of aromatic nitrogens is 4. The molecule has 0 unspecified atom stereocenters. The number of pyridine rings is 1. The van der Waals surface area contributed by atoms with Crippen molar-refractivity contribution in [3.8, 4) is 56.4 Å². The Bertz CT molecular complexity index is 2900. The fraction of sp³-hybridized carbons (Fsp3) is 0. The maximum atomic E-state index is 5.17. The highest BCUT2D eigenvalue weighted by Crippen LogP contribution is 2.43. The number of fused-ring (bicyclic) bond motifs is 8. The van der Waals surface area contributed by atoms with Crippen LogP contribution in [0, 0.1) is 0 Å². The first-order valence-electron chi connectivity index (χ1n) is 17.2. The lowest BCUT2D eigenvalue weighted by atomic mass is 9.98. The molecule has 3 aromatic heterocycles. The zero-order valence-electron chi connectivity index (χ0n) is 27.6. The summed E-state index contributed by atoms with van der Waals surface area (Å²) in [4.78, 5) is 15.3. The van der Waals surface area contributed by atoms with Crippen molar-refractivity contribution < 1.29 is 0 Å². The third-order valence-corrected chi connectivity index (χ3v) is 9.80. The van der Waals surface area contributed by atoms with Gasteiger partial charge in [-0.15, -0.1) is 0 Å². The van der Waals surface area contributed by atoms with Crippen LogP contribution in [0.25, 0.3) is 94.5 Å². The minimum Gasteiger partial charge on any atom is -0.308 e. The molecule has 0 saturated heterocycles. The van der Waals surface area contributed by atoms with E-state index in [1.54, 1.807) is 0 Å². The Kier molecular flexibility index (Phi) is 6.78. The molecule has 0 amide bonds. The summed E-state index contributed by atoms with van der Waals surface area (Å²) in [6.07, 6.45) is 0. The quantitative estimate of drug-likeness (QED) is 0.174. The Balaban J connectivity index is 1.26. The minimum absolute atomic E-state index is 0.632. The van der Waals surface area contributed by atoms with Gasteiger partial charge in [-0.2, -0.15) is 0 Å². The van der Waals surface area contributed by atoms with Gasteiger partial charge in [0.2, 0.25) is 0 Å². The van der Waals surface area contributed by atoms with Crippen molar-refractivity contribution in [2.75, 3.05) is 0 Å². The van der Waals surface area contributed by atoms with Crippen LogP contribution in [0.5, 0.6) is 0 Å². The first-order chi connectivity index (χ1) is 25.3. The predicted octanol–water partition coefficient (Wildman–Crippen LogP) is 11.9. The van der Waals surface area contributed by atoms with E-state index in [0.717, 1.165) is 38.9 Å². The van der Waals surface area contributed by atoms with Gasteiger partial charge in [0.1, 0.15) is 0 Å². The van der Waals surface area contributed by atoms with Crippen LogP contribution < -0.4 is 0 Å². The Morgan fingerprint density at radius 1 is 0.294 bits per heavy atom. The van der Waals surface area contributed by atoms with E-state index in [0.29, 0.717) is 17.5 Å². The molecule has 0 radical (unpaired) electrons. The van der Waals surface area contributed by atoms with Gasteiger partial charge in [-0.1, -0.05) is 164 Å². The topological polar surface area (TPSA) is 43.1 Å². The Hall–Kier alpha value is -6.91. The monoisotopic (exact) mass is 650 g/mol. The number of benzene rings is 7. The molecule has 0 fully saturated rings. The molecule has 10 rings (SSSR count). The van der Waals surface area contributed by atoms with Crippen molar-refractivity contribution >= 4 is 38.1 Å². The number of rotatable bonds is 5. The lowest BCUT2D eigenvalue weighted by molar-refractivity contribution is 1.07. The molecule has 0 bridgehead atoms. The number of nitrogens with zero attached hydrogens (tertiary/aromatic N) is 4. The van der Waals surface area contributed by atoms with E-state index in [2.05, 4.69) is 162 Å². The molecule has 4 heteroatoms. The zero-order valence-corrected chi connectivity index (χ0v) is 27.6. The van der Waals surface area contributed by atoms with Gasteiger partial charge >= 0.3 is 0 Å². The molecular formula is C47H30N4. The van der Waals surface area contributed by atoms with Gasteiger partial charge in [0.15, 0.2) is 17.5 Å². The molecule has 10 aromatic rings. The molecule has 0 aliphatic carbocycles. The van der Waals surface area contributed by atoms with E-state index in [9.17, 15) is 0 Å². The Morgan fingerprint density at radius 3 is 1.51 bits per heavy atom. The molecule has 0 saturated carbocycles. The summed E-state index contributed by atoms with van der Waals surface area (Å²) in [6, 6.07) is 63.9. The largest absolute Gasteiger partial charge is 0.308 e. The van der Waals surface area contributed by atoms with Gasteiger partial charge in [-0.25, -0.2) is 15.0 Å². The van der Waals surface area contributed by atoms with E-state index < -0.39 is 0 Å². The van der Waals surface area contributed by atoms with E-state index in [1.165, 1.54) is 38.2 Å². The standard InChI is InChI=1S/C47H30N4/c1-4-15-31(16-5-1)34-21-14-22-35(29-34)46-48-45(33-19-8-3-9-20-33)49-47(50-46)36-27-28-40-42(30-36)51-41-26-13-12-24-38(41)37-23-10-11-25-39(37)44(51)43(40)32-17-6-2-7-18-32/h1-30H. The van der Waals surface area contributed by atoms with Crippen molar-refractivity contribution in [1.82, 2.24) is 19.4 Å². The van der Waals surface area contributed by atoms with Crippen LogP contribution in [0.2, 0.25) is 0 Å². The third kappa shape index (κ3) is 4.88. The summed E-state index contributed by atoms with van der Waals surface area (Å²) < 4.78 is 2.43. The van der Waals surface area contributed by atoms with Crippen LogP contribution in [0.1, 0.15) is 0 Å². The zero-order chi connectivity index (χ0) is 33.7. The normalized spacial score (nSPS) is 11.5. The average Bonchev–Trinajstić information content (AvgIpc) is 3.57. The summed E-state index contributed by atoms with van der Waals surface area (Å²) in [6.45, 7) is 0. The van der Waals surface area contributed by atoms with E-state index in [1.807, 2.05) is 24.3 Å². The smallest absolute Gasteiger partial charge is 0.164 e. The van der Waals surface area contributed by atoms with Gasteiger partial charge in [-0.05, 0) is 40.3 Å². The van der Waals surface area contributed by atoms with Gasteiger partial charge in [0.05, 0.1) is 16.6 Å². The van der Waals surface area contributed by atoms with Gasteiger partial charge in [0, 0.05) is 38.4 Å². The highest BCUT2D eigenvalue weighted by atomic mass is 15.0.